The molecule has 11 heteroatoms. The monoisotopic (exact) mass is 417 g/mol. The van der Waals surface area contributed by atoms with Gasteiger partial charge in [-0.15, -0.1) is 15.9 Å². The maximum atomic E-state index is 9.65. The summed E-state index contributed by atoms with van der Waals surface area (Å²) in [6.07, 6.45) is 1.35. The summed E-state index contributed by atoms with van der Waals surface area (Å²) in [5.74, 6) is 0. The van der Waals surface area contributed by atoms with Crippen LogP contribution in [0.2, 0.25) is 0 Å². The number of hydroxylamine groups is 2. The van der Waals surface area contributed by atoms with Crippen molar-refractivity contribution in [2.75, 3.05) is 0 Å². The van der Waals surface area contributed by atoms with Crippen molar-refractivity contribution in [1.82, 2.24) is 11.0 Å². The van der Waals surface area contributed by atoms with Gasteiger partial charge in [-0.25, -0.2) is 5.26 Å². The fourth-order valence-corrected chi connectivity index (χ4v) is 0.299. The Morgan fingerprint density at radius 1 is 1.12 bits per heavy atom. The van der Waals surface area contributed by atoms with Crippen LogP contribution in [0.15, 0.2) is 33.1 Å². The second-order valence-corrected chi connectivity index (χ2v) is 4.54. The van der Waals surface area contributed by atoms with Crippen LogP contribution in [-0.2, 0) is 16.8 Å². The molecule has 0 fully saturated rings. The maximum absolute atomic E-state index is 9.65. The standard InChI is InChI=1S/2C4H8N2O2.C4H10N.C3H4N.Co/c2*1-3(5-7)4(2)6-8;1-3-4(2)5;1-2-3-4;/h2*5,7H,1-2H3;4-5H,3H2,1-2H3;1-2H2;/q;;2*-1;+2. The molecule has 0 aliphatic rings. The van der Waals surface area contributed by atoms with Crippen LogP contribution in [0.25, 0.3) is 5.73 Å². The largest absolute Gasteiger partial charge is 2.00 e. The summed E-state index contributed by atoms with van der Waals surface area (Å²) in [7, 11) is 0. The predicted molar refractivity (Wildman–Crippen MR) is 97.8 cm³/mol. The van der Waals surface area contributed by atoms with Gasteiger partial charge in [-0.05, 0) is 38.0 Å². The van der Waals surface area contributed by atoms with Gasteiger partial charge >= 0.3 is 16.8 Å². The van der Waals surface area contributed by atoms with E-state index in [-0.39, 0.29) is 34.2 Å². The van der Waals surface area contributed by atoms with E-state index in [1.54, 1.807) is 24.8 Å². The van der Waals surface area contributed by atoms with E-state index in [0.717, 1.165) is 6.42 Å². The molecule has 1 atom stereocenters. The minimum atomic E-state index is 0. The summed E-state index contributed by atoms with van der Waals surface area (Å²) in [5, 5.41) is 29.0. The minimum Gasteiger partial charge on any atom is -0.675 e. The molecule has 1 radical (unpaired) electrons. The Kier molecular flexibility index (Phi) is 38.0. The van der Waals surface area contributed by atoms with E-state index in [2.05, 4.69) is 17.3 Å². The quantitative estimate of drug-likeness (QED) is 0.289. The fourth-order valence-electron chi connectivity index (χ4n) is 0.299. The molecule has 0 heterocycles. The van der Waals surface area contributed by atoms with E-state index >= 15 is 0 Å². The molecule has 10 nitrogen and oxygen atoms in total. The molecule has 153 valence electrons. The summed E-state index contributed by atoms with van der Waals surface area (Å²) in [5.41, 5.74) is 11.7. The first-order valence-electron chi connectivity index (χ1n) is 7.32. The second-order valence-electron chi connectivity index (χ2n) is 4.54. The SMILES string of the molecule is CC(N=O)=C(C)NO.CC(N=O)=C(C)NO.CCC(C)[NH-].[CH2-]CC#N.[Co+2]. The molecule has 0 saturated heterocycles. The van der Waals surface area contributed by atoms with Crippen LogP contribution in [-0.4, -0.2) is 16.5 Å². The number of hydrogen-bond acceptors (Lipinski definition) is 9. The molecule has 0 bridgehead atoms. The normalized spacial score (nSPS) is 11.3. The topological polar surface area (TPSA) is 171 Å². The average molecular weight is 417 g/mol. The summed E-state index contributed by atoms with van der Waals surface area (Å²) >= 11 is 0. The van der Waals surface area contributed by atoms with Crippen LogP contribution in [0.1, 0.15) is 54.4 Å². The first-order chi connectivity index (χ1) is 11.6. The van der Waals surface area contributed by atoms with Gasteiger partial charge in [0.15, 0.2) is 0 Å². The van der Waals surface area contributed by atoms with E-state index < -0.39 is 0 Å². The Labute approximate surface area is 166 Å². The Balaban J connectivity index is -0.0000000773. The molecule has 1 unspecified atom stereocenters. The number of rotatable bonds is 5. The molecule has 0 amide bonds. The van der Waals surface area contributed by atoms with E-state index in [9.17, 15) is 9.81 Å². The van der Waals surface area contributed by atoms with Crippen molar-refractivity contribution in [3.8, 4) is 6.07 Å². The van der Waals surface area contributed by atoms with Crippen LogP contribution in [0.3, 0.4) is 0 Å². The average Bonchev–Trinajstić information content (AvgIpc) is 2.66. The number of nitriles is 1. The molecule has 26 heavy (non-hydrogen) atoms. The second kappa shape index (κ2) is 28.0. The molecular weight excluding hydrogens is 387 g/mol. The van der Waals surface area contributed by atoms with Gasteiger partial charge in [0.05, 0.1) is 11.4 Å². The zero-order valence-electron chi connectivity index (χ0n) is 16.1. The molecule has 0 aromatic rings. The van der Waals surface area contributed by atoms with Gasteiger partial charge in [0, 0.05) is 6.07 Å². The predicted octanol–water partition coefficient (Wildman–Crippen LogP) is 4.53. The molecule has 0 aromatic heterocycles. The smallest absolute Gasteiger partial charge is 0.675 e. The number of nitrogens with one attached hydrogen (secondary N) is 3. The van der Waals surface area contributed by atoms with Gasteiger partial charge in [0.1, 0.15) is 11.4 Å². The Morgan fingerprint density at radius 2 is 1.35 bits per heavy atom. The summed E-state index contributed by atoms with van der Waals surface area (Å²) in [6, 6.07) is 1.95. The summed E-state index contributed by atoms with van der Waals surface area (Å²) in [4.78, 5) is 19.3. The van der Waals surface area contributed by atoms with Crippen molar-refractivity contribution in [1.29, 1.82) is 5.26 Å². The van der Waals surface area contributed by atoms with E-state index in [4.69, 9.17) is 21.4 Å². The molecule has 5 N–H and O–H groups in total. The van der Waals surface area contributed by atoms with Crippen molar-refractivity contribution in [3.63, 3.8) is 0 Å². The number of nitrogens with zero attached hydrogens (tertiary/aromatic N) is 3. The zero-order valence-corrected chi connectivity index (χ0v) is 17.1. The Morgan fingerprint density at radius 3 is 1.38 bits per heavy atom. The van der Waals surface area contributed by atoms with Gasteiger partial charge in [-0.3, -0.25) is 21.4 Å². The van der Waals surface area contributed by atoms with Gasteiger partial charge in [0.25, 0.3) is 0 Å². The van der Waals surface area contributed by atoms with Crippen LogP contribution >= 0.6 is 0 Å². The number of hydrogen-bond donors (Lipinski definition) is 4. The third-order valence-corrected chi connectivity index (χ3v) is 2.42. The van der Waals surface area contributed by atoms with Gasteiger partial charge < -0.3 is 12.7 Å². The van der Waals surface area contributed by atoms with Crippen LogP contribution in [0, 0.1) is 28.1 Å². The van der Waals surface area contributed by atoms with Crippen molar-refractivity contribution < 1.29 is 27.2 Å². The third kappa shape index (κ3) is 33.7. The Bertz CT molecular complexity index is 418. The van der Waals surface area contributed by atoms with Crippen LogP contribution < -0.4 is 11.0 Å². The fraction of sp³-hybridized carbons (Fsp3) is 0.600. The van der Waals surface area contributed by atoms with Crippen molar-refractivity contribution >= 4 is 0 Å². The van der Waals surface area contributed by atoms with Crippen molar-refractivity contribution in [3.05, 3.63) is 45.3 Å². The first kappa shape index (κ1) is 35.3. The molecule has 0 spiro atoms. The van der Waals surface area contributed by atoms with E-state index in [1.165, 1.54) is 13.8 Å². The summed E-state index contributed by atoms with van der Waals surface area (Å²) in [6.45, 7) is 13.3. The molecule has 0 saturated carbocycles. The van der Waals surface area contributed by atoms with Crippen molar-refractivity contribution in [2.24, 2.45) is 10.4 Å². The summed E-state index contributed by atoms with van der Waals surface area (Å²) < 4.78 is 0. The minimum absolute atomic E-state index is 0. The maximum Gasteiger partial charge on any atom is 2.00 e. The molecule has 0 aliphatic heterocycles. The van der Waals surface area contributed by atoms with Crippen molar-refractivity contribution in [2.45, 2.75) is 60.4 Å². The first-order valence-corrected chi connectivity index (χ1v) is 7.32. The van der Waals surface area contributed by atoms with E-state index in [0.29, 0.717) is 17.8 Å². The van der Waals surface area contributed by atoms with Crippen LogP contribution in [0.5, 0.6) is 0 Å². The van der Waals surface area contributed by atoms with Gasteiger partial charge in [0.2, 0.25) is 0 Å². The van der Waals surface area contributed by atoms with E-state index in [1.807, 2.05) is 19.9 Å². The molecule has 0 aliphatic carbocycles. The molecular formula is C15H30CoN6O4. The number of allylic oxidation sites excluding steroid dienone is 4. The zero-order chi connectivity index (χ0) is 20.8. The molecule has 0 rings (SSSR count). The Hall–Kier alpha value is -1.84. The van der Waals surface area contributed by atoms with Gasteiger partial charge in [-0.2, -0.15) is 0 Å². The number of nitroso groups, excluding NO2 is 2. The van der Waals surface area contributed by atoms with Gasteiger partial charge in [-0.1, -0.05) is 26.7 Å². The molecule has 0 aromatic carbocycles. The third-order valence-electron chi connectivity index (χ3n) is 2.42. The van der Waals surface area contributed by atoms with Crippen LogP contribution in [0.4, 0.5) is 0 Å².